The van der Waals surface area contributed by atoms with Gasteiger partial charge in [-0.1, -0.05) is 173 Å². The Labute approximate surface area is 403 Å². The van der Waals surface area contributed by atoms with Crippen LogP contribution >= 0.6 is 0 Å². The van der Waals surface area contributed by atoms with Crippen LogP contribution in [0.25, 0.3) is 99.0 Å². The summed E-state index contributed by atoms with van der Waals surface area (Å²) in [6.07, 6.45) is 0. The van der Waals surface area contributed by atoms with Crippen LogP contribution in [0.1, 0.15) is 104 Å². The molecule has 0 radical (unpaired) electrons. The summed E-state index contributed by atoms with van der Waals surface area (Å²) in [7, 11) is 0. The maximum Gasteiger partial charge on any atom is 0.197 e. The van der Waals surface area contributed by atoms with Gasteiger partial charge in [0.05, 0.1) is 38.7 Å². The molecule has 0 saturated carbocycles. The smallest absolute Gasteiger partial charge is 0.197 e. The third-order valence-electron chi connectivity index (χ3n) is 15.5. The van der Waals surface area contributed by atoms with Crippen molar-refractivity contribution >= 4 is 59.9 Å². The van der Waals surface area contributed by atoms with Gasteiger partial charge < -0.3 is 8.97 Å². The molecule has 2 aliphatic rings. The minimum Gasteiger partial charge on any atom is -0.308 e. The highest BCUT2D eigenvalue weighted by atomic mass is 16.1. The van der Waals surface area contributed by atoms with Gasteiger partial charge >= 0.3 is 0 Å². The third kappa shape index (κ3) is 6.34. The number of hydrogen-bond acceptors (Lipinski definition) is 2. The number of para-hydroxylation sites is 2. The summed E-state index contributed by atoms with van der Waals surface area (Å²) >= 11 is 0. The summed E-state index contributed by atoms with van der Waals surface area (Å²) in [6.45, 7) is 24.4. The molecule has 0 spiro atoms. The monoisotopic (exact) mass is 898 g/mol. The molecule has 4 heteroatoms. The molecule has 0 atom stereocenters. The molecule has 3 aromatic heterocycles. The van der Waals surface area contributed by atoms with Crippen LogP contribution in [0.5, 0.6) is 0 Å². The first kappa shape index (κ1) is 43.0. The lowest BCUT2D eigenvalue weighted by atomic mass is 9.74. The first-order valence-corrected chi connectivity index (χ1v) is 24.5. The van der Waals surface area contributed by atoms with Crippen LogP contribution in [-0.4, -0.2) is 8.97 Å². The minimum atomic E-state index is -0.739. The van der Waals surface area contributed by atoms with Crippen molar-refractivity contribution in [3.63, 3.8) is 0 Å². The zero-order chi connectivity index (χ0) is 48.3. The number of benzene rings is 8. The molecule has 5 heterocycles. The molecule has 0 unspecified atom stereocenters. The van der Waals surface area contributed by atoms with E-state index in [1.807, 2.05) is 0 Å². The van der Waals surface area contributed by atoms with E-state index < -0.39 is 5.41 Å². The SMILES string of the molecule is CC(C)(C)c1ccc(-c2cc3cc(c2)-c2cccc4c5ccccc5n(c24)-c2cc4c(=O)c5cc(C(C)(C)C)ccc5n5c6ccc(C(C)(C)C)cc6c(=O)c(c2C(C)(C)c2ccc-3cc2)c45)cc1. The van der Waals surface area contributed by atoms with E-state index >= 15 is 9.59 Å². The van der Waals surface area contributed by atoms with Crippen LogP contribution in [0.2, 0.25) is 0 Å². The van der Waals surface area contributed by atoms with Gasteiger partial charge in [-0.25, -0.2) is 0 Å². The second-order valence-electron chi connectivity index (χ2n) is 23.4. The Morgan fingerprint density at radius 3 is 1.52 bits per heavy atom. The second-order valence-corrected chi connectivity index (χ2v) is 23.4. The molecule has 69 heavy (non-hydrogen) atoms. The summed E-state index contributed by atoms with van der Waals surface area (Å²) in [5.74, 6) is 0. The van der Waals surface area contributed by atoms with Crippen LogP contribution in [-0.2, 0) is 21.7 Å². The molecule has 0 aliphatic carbocycles. The van der Waals surface area contributed by atoms with E-state index in [2.05, 4.69) is 237 Å². The van der Waals surface area contributed by atoms with Crippen molar-refractivity contribution in [1.29, 1.82) is 0 Å². The largest absolute Gasteiger partial charge is 0.308 e. The van der Waals surface area contributed by atoms with Gasteiger partial charge in [0, 0.05) is 37.9 Å². The van der Waals surface area contributed by atoms with Gasteiger partial charge in [-0.3, -0.25) is 9.59 Å². The van der Waals surface area contributed by atoms with Gasteiger partial charge in [0.15, 0.2) is 10.9 Å². The van der Waals surface area contributed by atoms with E-state index in [1.54, 1.807) is 0 Å². The summed E-state index contributed by atoms with van der Waals surface area (Å²) < 4.78 is 4.62. The topological polar surface area (TPSA) is 43.5 Å². The molecule has 4 bridgehead atoms. The number of rotatable bonds is 1. The van der Waals surface area contributed by atoms with Crippen molar-refractivity contribution < 1.29 is 0 Å². The fourth-order valence-electron chi connectivity index (χ4n) is 11.5. The molecular formula is C65H58N2O2. The summed E-state index contributed by atoms with van der Waals surface area (Å²) in [5.41, 5.74) is 16.0. The lowest BCUT2D eigenvalue weighted by Crippen LogP contribution is -2.26. The first-order valence-electron chi connectivity index (χ1n) is 24.5. The lowest BCUT2D eigenvalue weighted by Gasteiger charge is -2.32. The van der Waals surface area contributed by atoms with E-state index in [9.17, 15) is 0 Å². The quantitative estimate of drug-likeness (QED) is 0.122. The zero-order valence-corrected chi connectivity index (χ0v) is 41.6. The number of fused-ring (bicyclic) bond motifs is 8. The van der Waals surface area contributed by atoms with Crippen LogP contribution in [0.3, 0.4) is 0 Å². The Morgan fingerprint density at radius 2 is 0.928 bits per heavy atom. The highest BCUT2D eigenvalue weighted by Crippen LogP contribution is 2.48. The highest BCUT2D eigenvalue weighted by Gasteiger charge is 2.35. The number of hydrogen-bond donors (Lipinski definition) is 0. The van der Waals surface area contributed by atoms with E-state index in [0.717, 1.165) is 94.2 Å². The Hall–Kier alpha value is -7.30. The van der Waals surface area contributed by atoms with E-state index in [0.29, 0.717) is 27.1 Å². The van der Waals surface area contributed by atoms with Gasteiger partial charge in [0.1, 0.15) is 0 Å². The zero-order valence-electron chi connectivity index (χ0n) is 41.6. The number of nitrogens with zero attached hydrogens (tertiary/aromatic N) is 2. The molecule has 0 fully saturated rings. The molecule has 0 saturated heterocycles. The van der Waals surface area contributed by atoms with E-state index in [-0.39, 0.29) is 27.1 Å². The Kier molecular flexibility index (Phi) is 8.96. The van der Waals surface area contributed by atoms with Crippen LogP contribution in [0.4, 0.5) is 0 Å². The maximum absolute atomic E-state index is 16.2. The van der Waals surface area contributed by atoms with E-state index in [1.165, 1.54) is 5.56 Å². The summed E-state index contributed by atoms with van der Waals surface area (Å²) in [4.78, 5) is 31.9. The van der Waals surface area contributed by atoms with E-state index in [4.69, 9.17) is 0 Å². The molecule has 13 rings (SSSR count). The average Bonchev–Trinajstić information content (AvgIpc) is 3.66. The normalized spacial score (nSPS) is 14.0. The van der Waals surface area contributed by atoms with Crippen LogP contribution < -0.4 is 10.9 Å². The number of aromatic nitrogens is 2. The molecule has 2 aliphatic heterocycles. The van der Waals surface area contributed by atoms with Crippen molar-refractivity contribution in [2.24, 2.45) is 0 Å². The molecular weight excluding hydrogens is 841 g/mol. The fourth-order valence-corrected chi connectivity index (χ4v) is 11.5. The van der Waals surface area contributed by atoms with Gasteiger partial charge in [-0.2, -0.15) is 0 Å². The highest BCUT2D eigenvalue weighted by molar-refractivity contribution is 6.16. The lowest BCUT2D eigenvalue weighted by molar-refractivity contribution is 0.590. The Morgan fingerprint density at radius 1 is 0.406 bits per heavy atom. The predicted molar refractivity (Wildman–Crippen MR) is 293 cm³/mol. The summed E-state index contributed by atoms with van der Waals surface area (Å²) in [5, 5.41) is 4.60. The second kappa shape index (κ2) is 14.4. The van der Waals surface area contributed by atoms with Crippen molar-refractivity contribution in [3.8, 4) is 39.1 Å². The van der Waals surface area contributed by atoms with Gasteiger partial charge in [-0.05, 0) is 126 Å². The Balaban J connectivity index is 1.32. The molecule has 0 N–H and O–H groups in total. The van der Waals surface area contributed by atoms with Gasteiger partial charge in [0.25, 0.3) is 0 Å². The average molecular weight is 899 g/mol. The third-order valence-corrected chi connectivity index (χ3v) is 15.5. The molecule has 340 valence electrons. The van der Waals surface area contributed by atoms with Crippen LogP contribution in [0.15, 0.2) is 161 Å². The van der Waals surface area contributed by atoms with Crippen molar-refractivity contribution in [2.75, 3.05) is 0 Å². The number of pyridine rings is 2. The maximum atomic E-state index is 16.2. The van der Waals surface area contributed by atoms with Crippen molar-refractivity contribution in [3.05, 3.63) is 200 Å². The van der Waals surface area contributed by atoms with Crippen molar-refractivity contribution in [1.82, 2.24) is 8.97 Å². The predicted octanol–water partition coefficient (Wildman–Crippen LogP) is 16.2. The fraction of sp³-hybridized carbons (Fsp3) is 0.231. The molecule has 0 amide bonds. The van der Waals surface area contributed by atoms with Crippen LogP contribution in [0, 0.1) is 0 Å². The first-order chi connectivity index (χ1) is 32.7. The van der Waals surface area contributed by atoms with Gasteiger partial charge in [0.2, 0.25) is 0 Å². The summed E-state index contributed by atoms with van der Waals surface area (Å²) in [6, 6.07) is 55.1. The molecule has 4 nitrogen and oxygen atoms in total. The Bertz CT molecular complexity index is 4090. The van der Waals surface area contributed by atoms with Gasteiger partial charge in [-0.15, -0.1) is 0 Å². The molecule has 8 aromatic carbocycles. The minimum absolute atomic E-state index is 0.0371. The van der Waals surface area contributed by atoms with Crippen molar-refractivity contribution in [2.45, 2.75) is 97.8 Å². The molecule has 11 aromatic rings. The standard InChI is InChI=1S/C65H58N2O2/c1-62(2,3)42-23-19-37(20-24-42)39-31-40-33-41(32-39)46-16-14-17-48-47-15-12-13-18-52(47)67(58(46)48)55-36-51-59-56(57(55)65(10,11)43-25-21-38(40)22-26-43)61(69)50-35-45(64(7,8)9)28-30-54(50)66(59)53-29-27-44(63(4,5)6)34-49(53)60(51)68/h12-36H,1-11H3.